The van der Waals surface area contributed by atoms with Crippen molar-refractivity contribution in [2.45, 2.75) is 17.9 Å². The third-order valence-electron chi connectivity index (χ3n) is 3.18. The van der Waals surface area contributed by atoms with E-state index in [1.807, 2.05) is 18.2 Å². The van der Waals surface area contributed by atoms with Gasteiger partial charge in [-0.25, -0.2) is 8.78 Å². The molecule has 2 rings (SSSR count). The van der Waals surface area contributed by atoms with Crippen LogP contribution in [0.25, 0.3) is 0 Å². The third kappa shape index (κ3) is 5.80. The van der Waals surface area contributed by atoms with E-state index in [2.05, 4.69) is 22.8 Å². The Morgan fingerprint density at radius 1 is 1.17 bits per heavy atom. The predicted molar refractivity (Wildman–Crippen MR) is 95.7 cm³/mol. The van der Waals surface area contributed by atoms with Crippen LogP contribution >= 0.6 is 24.0 Å². The lowest BCUT2D eigenvalue weighted by atomic mass is 10.1. The minimum Gasteiger partial charge on any atom is -0.362 e. The highest BCUT2D eigenvalue weighted by molar-refractivity contribution is 7.99. The Balaban J connectivity index is 1.74. The summed E-state index contributed by atoms with van der Waals surface area (Å²) in [5.41, 5.74) is 0.384. The Morgan fingerprint density at radius 2 is 1.91 bits per heavy atom. The second-order valence-electron chi connectivity index (χ2n) is 4.95. The van der Waals surface area contributed by atoms with Crippen molar-refractivity contribution in [3.8, 4) is 0 Å². The second kappa shape index (κ2) is 8.84. The summed E-state index contributed by atoms with van der Waals surface area (Å²) >= 11 is 6.93. The molecule has 0 aliphatic carbocycles. The van der Waals surface area contributed by atoms with Crippen molar-refractivity contribution in [3.05, 3.63) is 65.7 Å². The molecule has 23 heavy (non-hydrogen) atoms. The summed E-state index contributed by atoms with van der Waals surface area (Å²) in [4.78, 5) is 1.20. The Morgan fingerprint density at radius 3 is 2.61 bits per heavy atom. The molecule has 0 heterocycles. The monoisotopic (exact) mass is 352 g/mol. The van der Waals surface area contributed by atoms with Gasteiger partial charge >= 0.3 is 0 Å². The van der Waals surface area contributed by atoms with Gasteiger partial charge in [0.2, 0.25) is 0 Å². The van der Waals surface area contributed by atoms with Crippen LogP contribution in [0.3, 0.4) is 0 Å². The molecule has 0 aromatic heterocycles. The molecule has 0 spiro atoms. The molecule has 2 N–H and O–H groups in total. The summed E-state index contributed by atoms with van der Waals surface area (Å²) in [6.07, 6.45) is 0. The lowest BCUT2D eigenvalue weighted by Gasteiger charge is -2.18. The van der Waals surface area contributed by atoms with Crippen molar-refractivity contribution < 1.29 is 8.78 Å². The van der Waals surface area contributed by atoms with E-state index in [1.165, 1.54) is 17.0 Å². The SMILES string of the molecule is C[C@H](NC(=S)NCCSc1ccccc1)c1ccc(F)cc1F. The number of thiocarbonyl (C=S) groups is 1. The summed E-state index contributed by atoms with van der Waals surface area (Å²) in [5, 5.41) is 6.54. The fraction of sp³-hybridized carbons (Fsp3) is 0.235. The van der Waals surface area contributed by atoms with E-state index < -0.39 is 11.6 Å². The molecule has 1 atom stereocenters. The first kappa shape index (κ1) is 17.7. The summed E-state index contributed by atoms with van der Waals surface area (Å²) < 4.78 is 26.6. The first-order valence-corrected chi connectivity index (χ1v) is 8.63. The van der Waals surface area contributed by atoms with Crippen LogP contribution in [0.15, 0.2) is 53.4 Å². The predicted octanol–water partition coefficient (Wildman–Crippen LogP) is 4.28. The molecule has 122 valence electrons. The fourth-order valence-electron chi connectivity index (χ4n) is 2.03. The van der Waals surface area contributed by atoms with E-state index in [0.29, 0.717) is 17.2 Å². The zero-order valence-electron chi connectivity index (χ0n) is 12.7. The van der Waals surface area contributed by atoms with Gasteiger partial charge in [-0.1, -0.05) is 24.3 Å². The average molecular weight is 352 g/mol. The van der Waals surface area contributed by atoms with Crippen LogP contribution in [-0.2, 0) is 0 Å². The lowest BCUT2D eigenvalue weighted by molar-refractivity contribution is 0.552. The topological polar surface area (TPSA) is 24.1 Å². The van der Waals surface area contributed by atoms with Gasteiger partial charge in [-0.15, -0.1) is 11.8 Å². The van der Waals surface area contributed by atoms with Crippen LogP contribution in [0.2, 0.25) is 0 Å². The van der Waals surface area contributed by atoms with Gasteiger partial charge in [0.15, 0.2) is 5.11 Å². The third-order valence-corrected chi connectivity index (χ3v) is 4.45. The Bertz CT molecular complexity index is 650. The molecular weight excluding hydrogens is 334 g/mol. The molecule has 0 fully saturated rings. The van der Waals surface area contributed by atoms with Gasteiger partial charge in [0, 0.05) is 28.8 Å². The zero-order chi connectivity index (χ0) is 16.7. The Kier molecular flexibility index (Phi) is 6.80. The maximum Gasteiger partial charge on any atom is 0.166 e. The molecule has 0 unspecified atom stereocenters. The van der Waals surface area contributed by atoms with Crippen LogP contribution in [0.4, 0.5) is 8.78 Å². The summed E-state index contributed by atoms with van der Waals surface area (Å²) in [7, 11) is 0. The largest absolute Gasteiger partial charge is 0.362 e. The molecular formula is C17H18F2N2S2. The summed E-state index contributed by atoms with van der Waals surface area (Å²) in [6.45, 7) is 2.48. The Hall–Kier alpha value is -1.66. The van der Waals surface area contributed by atoms with Gasteiger partial charge in [0.1, 0.15) is 11.6 Å². The van der Waals surface area contributed by atoms with Crippen molar-refractivity contribution in [2.75, 3.05) is 12.3 Å². The van der Waals surface area contributed by atoms with Crippen LogP contribution < -0.4 is 10.6 Å². The number of rotatable bonds is 6. The molecule has 2 aromatic rings. The second-order valence-corrected chi connectivity index (χ2v) is 6.53. The van der Waals surface area contributed by atoms with Gasteiger partial charge in [-0.3, -0.25) is 0 Å². The molecule has 0 aliphatic heterocycles. The zero-order valence-corrected chi connectivity index (χ0v) is 14.3. The van der Waals surface area contributed by atoms with Gasteiger partial charge in [-0.05, 0) is 37.3 Å². The maximum absolute atomic E-state index is 13.7. The number of halogens is 2. The van der Waals surface area contributed by atoms with Crippen LogP contribution in [0.1, 0.15) is 18.5 Å². The number of nitrogens with one attached hydrogen (secondary N) is 2. The molecule has 0 saturated carbocycles. The molecule has 2 nitrogen and oxygen atoms in total. The van der Waals surface area contributed by atoms with E-state index >= 15 is 0 Å². The van der Waals surface area contributed by atoms with Crippen molar-refractivity contribution in [1.29, 1.82) is 0 Å². The van der Waals surface area contributed by atoms with Gasteiger partial charge in [-0.2, -0.15) is 0 Å². The van der Waals surface area contributed by atoms with E-state index in [1.54, 1.807) is 18.7 Å². The lowest BCUT2D eigenvalue weighted by Crippen LogP contribution is -2.38. The molecule has 2 aromatic carbocycles. The Labute approximate surface area is 144 Å². The van der Waals surface area contributed by atoms with E-state index in [0.717, 1.165) is 11.8 Å². The molecule has 6 heteroatoms. The summed E-state index contributed by atoms with van der Waals surface area (Å²) in [6, 6.07) is 13.3. The van der Waals surface area contributed by atoms with Crippen molar-refractivity contribution in [2.24, 2.45) is 0 Å². The molecule has 0 saturated heterocycles. The highest BCUT2D eigenvalue weighted by Crippen LogP contribution is 2.18. The smallest absolute Gasteiger partial charge is 0.166 e. The number of hydrogen-bond donors (Lipinski definition) is 2. The van der Waals surface area contributed by atoms with Gasteiger partial charge < -0.3 is 10.6 Å². The quantitative estimate of drug-likeness (QED) is 0.460. The van der Waals surface area contributed by atoms with Gasteiger partial charge in [0.25, 0.3) is 0 Å². The molecule has 0 bridgehead atoms. The van der Waals surface area contributed by atoms with Crippen LogP contribution in [0.5, 0.6) is 0 Å². The van der Waals surface area contributed by atoms with Crippen molar-refractivity contribution >= 4 is 29.1 Å². The van der Waals surface area contributed by atoms with E-state index in [4.69, 9.17) is 12.2 Å². The van der Waals surface area contributed by atoms with Crippen LogP contribution in [0, 0.1) is 11.6 Å². The number of thioether (sulfide) groups is 1. The number of benzene rings is 2. The standard InChI is InChI=1S/C17H18F2N2S2/c1-12(15-8-7-13(18)11-16(15)19)21-17(22)20-9-10-23-14-5-3-2-4-6-14/h2-8,11-12H,9-10H2,1H3,(H2,20,21,22)/t12-/m0/s1. The van der Waals surface area contributed by atoms with Crippen molar-refractivity contribution in [1.82, 2.24) is 10.6 Å². The normalized spacial score (nSPS) is 11.8. The molecule has 0 radical (unpaired) electrons. The van der Waals surface area contributed by atoms with Crippen molar-refractivity contribution in [3.63, 3.8) is 0 Å². The number of hydrogen-bond acceptors (Lipinski definition) is 2. The first-order chi connectivity index (χ1) is 11.1. The highest BCUT2D eigenvalue weighted by atomic mass is 32.2. The fourth-order valence-corrected chi connectivity index (χ4v) is 3.10. The van der Waals surface area contributed by atoms with E-state index in [-0.39, 0.29) is 6.04 Å². The maximum atomic E-state index is 13.7. The minimum absolute atomic E-state index is 0.336. The average Bonchev–Trinajstić information content (AvgIpc) is 2.52. The first-order valence-electron chi connectivity index (χ1n) is 7.23. The van der Waals surface area contributed by atoms with E-state index in [9.17, 15) is 8.78 Å². The summed E-state index contributed by atoms with van der Waals surface area (Å²) in [5.74, 6) is -0.296. The molecule has 0 aliphatic rings. The highest BCUT2D eigenvalue weighted by Gasteiger charge is 2.12. The molecule has 0 amide bonds. The van der Waals surface area contributed by atoms with Crippen LogP contribution in [-0.4, -0.2) is 17.4 Å². The minimum atomic E-state index is -0.586. The van der Waals surface area contributed by atoms with Gasteiger partial charge in [0.05, 0.1) is 6.04 Å².